The molecule has 0 aliphatic heterocycles. The lowest BCUT2D eigenvalue weighted by Gasteiger charge is -2.43. The summed E-state index contributed by atoms with van der Waals surface area (Å²) < 4.78 is 22.7. The van der Waals surface area contributed by atoms with Gasteiger partial charge >= 0.3 is 11.7 Å². The van der Waals surface area contributed by atoms with Crippen LogP contribution in [0.2, 0.25) is 18.1 Å². The highest BCUT2D eigenvalue weighted by Gasteiger charge is 2.44. The van der Waals surface area contributed by atoms with E-state index in [9.17, 15) is 14.4 Å². The molecule has 1 heterocycles. The number of ether oxygens (including phenoxy) is 3. The molecule has 8 nitrogen and oxygen atoms in total. The first-order chi connectivity index (χ1) is 23.3. The van der Waals surface area contributed by atoms with E-state index in [1.165, 1.54) is 11.6 Å². The molecule has 1 aromatic carbocycles. The Morgan fingerprint density at radius 1 is 1.02 bits per heavy atom. The Bertz CT molecular complexity index is 1500. The van der Waals surface area contributed by atoms with Gasteiger partial charge in [0.2, 0.25) is 0 Å². The maximum absolute atomic E-state index is 12.1. The highest BCUT2D eigenvalue weighted by atomic mass is 28.4. The van der Waals surface area contributed by atoms with Crippen LogP contribution < -0.4 is 11.4 Å². The van der Waals surface area contributed by atoms with Crippen molar-refractivity contribution in [3.63, 3.8) is 0 Å². The maximum Gasteiger partial charge on any atom is 0.404 e. The minimum atomic E-state index is -2.52. The molecule has 0 aliphatic rings. The summed E-state index contributed by atoms with van der Waals surface area (Å²) >= 11 is 0. The standard InChI is InChI=1S/C41H65NO7Si/c1-13-14-15-28(3)39(49-40(42)44)32(7)35(25-41(8,9)50(11,12)45)30(5)22-27(2)23-31(6)38(47-26-46-10)29(4)16-17-33-18-20-36-34(24-33)19-21-37(43)48-36/h14-21,23-24,28-32,35,38-39,45H,13,22,25-26H2,1-12H3,(H2,42,44)/b15-14-,17-16-,27-23-/t28?,29?,30-,31-,32-,35+,38-,39-/m0/s1. The molecule has 3 N–H and O–H groups in total. The van der Waals surface area contributed by atoms with Crippen LogP contribution in [-0.4, -0.2) is 45.3 Å². The van der Waals surface area contributed by atoms with Gasteiger partial charge in [0.05, 0.1) is 6.10 Å². The highest BCUT2D eigenvalue weighted by Crippen LogP contribution is 2.47. The van der Waals surface area contributed by atoms with E-state index in [-0.39, 0.29) is 65.2 Å². The Morgan fingerprint density at radius 3 is 2.28 bits per heavy atom. The lowest BCUT2D eigenvalue weighted by Crippen LogP contribution is -2.44. The summed E-state index contributed by atoms with van der Waals surface area (Å²) in [6.45, 7) is 23.6. The smallest absolute Gasteiger partial charge is 0.404 e. The summed E-state index contributed by atoms with van der Waals surface area (Å²) in [6.07, 6.45) is 12.0. The van der Waals surface area contributed by atoms with Gasteiger partial charge in [-0.3, -0.25) is 0 Å². The van der Waals surface area contributed by atoms with Gasteiger partial charge in [0.25, 0.3) is 0 Å². The Balaban J connectivity index is 2.36. The monoisotopic (exact) mass is 711 g/mol. The summed E-state index contributed by atoms with van der Waals surface area (Å²) in [7, 11) is -0.892. The molecule has 1 amide bonds. The summed E-state index contributed by atoms with van der Waals surface area (Å²) in [5, 5.41) is 0.609. The van der Waals surface area contributed by atoms with Crippen LogP contribution in [0, 0.1) is 35.5 Å². The lowest BCUT2D eigenvalue weighted by atomic mass is 9.71. The van der Waals surface area contributed by atoms with E-state index in [0.29, 0.717) is 5.58 Å². The number of carbonyl (C=O) groups excluding carboxylic acids is 1. The molecule has 2 rings (SSSR count). The minimum absolute atomic E-state index is 0.00364. The Morgan fingerprint density at radius 2 is 1.68 bits per heavy atom. The molecule has 9 heteroatoms. The molecular weight excluding hydrogens is 647 g/mol. The van der Waals surface area contributed by atoms with E-state index < -0.39 is 14.4 Å². The number of carbonyl (C=O) groups is 1. The Kier molecular flexibility index (Phi) is 16.9. The fraction of sp³-hybridized carbons (Fsp3) is 0.610. The van der Waals surface area contributed by atoms with Crippen LogP contribution in [0.1, 0.15) is 87.1 Å². The van der Waals surface area contributed by atoms with Crippen LogP contribution >= 0.6 is 0 Å². The number of rotatable bonds is 20. The van der Waals surface area contributed by atoms with Crippen LogP contribution in [0.3, 0.4) is 0 Å². The molecule has 0 saturated carbocycles. The molecular formula is C41H65NO7Si. The quantitative estimate of drug-likeness (QED) is 0.0607. The van der Waals surface area contributed by atoms with Crippen molar-refractivity contribution in [2.75, 3.05) is 13.9 Å². The van der Waals surface area contributed by atoms with Crippen molar-refractivity contribution in [1.82, 2.24) is 0 Å². The average Bonchev–Trinajstić information content (AvgIpc) is 3.03. The number of amides is 1. The second kappa shape index (κ2) is 19.6. The summed E-state index contributed by atoms with van der Waals surface area (Å²) in [5.41, 5.74) is 8.07. The highest BCUT2D eigenvalue weighted by molar-refractivity contribution is 6.72. The van der Waals surface area contributed by atoms with Crippen LogP contribution in [0.25, 0.3) is 17.0 Å². The van der Waals surface area contributed by atoms with E-state index in [0.717, 1.165) is 30.2 Å². The molecule has 2 aromatic rings. The number of hydrogen-bond donors (Lipinski definition) is 2. The van der Waals surface area contributed by atoms with Crippen LogP contribution in [0.4, 0.5) is 4.79 Å². The topological polar surface area (TPSA) is 121 Å². The normalized spacial score (nSPS) is 18.1. The van der Waals surface area contributed by atoms with E-state index in [4.69, 9.17) is 24.4 Å². The molecule has 50 heavy (non-hydrogen) atoms. The van der Waals surface area contributed by atoms with Gasteiger partial charge in [0, 0.05) is 36.3 Å². The van der Waals surface area contributed by atoms with Crippen molar-refractivity contribution in [3.8, 4) is 0 Å². The first kappa shape index (κ1) is 43.2. The maximum atomic E-state index is 12.1. The average molecular weight is 712 g/mol. The zero-order valence-corrected chi connectivity index (χ0v) is 33.7. The van der Waals surface area contributed by atoms with Crippen LogP contribution in [0.15, 0.2) is 69.4 Å². The number of allylic oxidation sites excluding steroid dienone is 2. The molecule has 0 radical (unpaired) electrons. The first-order valence-electron chi connectivity index (χ1n) is 18.2. The van der Waals surface area contributed by atoms with Gasteiger partial charge in [0.1, 0.15) is 18.5 Å². The largest absolute Gasteiger partial charge is 0.445 e. The third-order valence-electron chi connectivity index (χ3n) is 10.6. The number of benzene rings is 1. The van der Waals surface area contributed by atoms with Crippen LogP contribution in [0.5, 0.6) is 0 Å². The van der Waals surface area contributed by atoms with E-state index in [1.807, 2.05) is 31.3 Å². The van der Waals surface area contributed by atoms with E-state index in [1.54, 1.807) is 13.2 Å². The summed E-state index contributed by atoms with van der Waals surface area (Å²) in [6, 6.07) is 8.96. The molecule has 2 unspecified atom stereocenters. The molecule has 0 fully saturated rings. The van der Waals surface area contributed by atoms with Crippen molar-refractivity contribution in [1.29, 1.82) is 0 Å². The minimum Gasteiger partial charge on any atom is -0.445 e. The summed E-state index contributed by atoms with van der Waals surface area (Å²) in [5.74, 6) is 0.545. The zero-order valence-electron chi connectivity index (χ0n) is 32.7. The van der Waals surface area contributed by atoms with Gasteiger partial charge in [-0.25, -0.2) is 9.59 Å². The SMILES string of the molecule is CC/C=C\C(C)[C@H](OC(N)=O)[C@@H](C)[C@H](CC(C)(C)[Si](C)(C)O)[C@@H](C)C/C(C)=C\[C@H](C)[C@@H](OCOC)C(C)/C=C\c1ccc2oc(=O)ccc2c1. The molecule has 8 atom stereocenters. The predicted octanol–water partition coefficient (Wildman–Crippen LogP) is 9.73. The molecule has 0 bridgehead atoms. The number of fused-ring (bicyclic) bond motifs is 1. The van der Waals surface area contributed by atoms with Gasteiger partial charge in [0.15, 0.2) is 8.32 Å². The lowest BCUT2D eigenvalue weighted by molar-refractivity contribution is -0.0947. The fourth-order valence-electron chi connectivity index (χ4n) is 7.04. The summed E-state index contributed by atoms with van der Waals surface area (Å²) in [4.78, 5) is 35.0. The number of nitrogens with two attached hydrogens (primary N) is 1. The van der Waals surface area contributed by atoms with Gasteiger partial charge in [-0.15, -0.1) is 0 Å². The zero-order chi connectivity index (χ0) is 37.8. The van der Waals surface area contributed by atoms with Crippen LogP contribution in [-0.2, 0) is 14.2 Å². The number of hydrogen-bond acceptors (Lipinski definition) is 7. The van der Waals surface area contributed by atoms with Crippen molar-refractivity contribution in [3.05, 3.63) is 76.2 Å². The fourth-order valence-corrected chi connectivity index (χ4v) is 7.78. The van der Waals surface area contributed by atoms with E-state index >= 15 is 0 Å². The second-order valence-corrected chi connectivity index (χ2v) is 20.1. The Hall–Kier alpha value is -2.98. The van der Waals surface area contributed by atoms with E-state index in [2.05, 4.69) is 92.7 Å². The molecule has 0 aliphatic carbocycles. The van der Waals surface area contributed by atoms with Crippen molar-refractivity contribution < 1.29 is 28.2 Å². The first-order valence-corrected chi connectivity index (χ1v) is 21.1. The second-order valence-electron chi connectivity index (χ2n) is 15.6. The molecule has 280 valence electrons. The van der Waals surface area contributed by atoms with Gasteiger partial charge in [-0.1, -0.05) is 97.4 Å². The van der Waals surface area contributed by atoms with Crippen molar-refractivity contribution in [2.24, 2.45) is 41.2 Å². The molecule has 0 spiro atoms. The number of primary amides is 1. The van der Waals surface area contributed by atoms with Gasteiger partial charge in [-0.2, -0.15) is 0 Å². The molecule has 0 saturated heterocycles. The predicted molar refractivity (Wildman–Crippen MR) is 208 cm³/mol. The number of methoxy groups -OCH3 is 1. The Labute approximate surface area is 302 Å². The molecule has 1 aromatic heterocycles. The van der Waals surface area contributed by atoms with Gasteiger partial charge in [-0.05, 0) is 85.8 Å². The van der Waals surface area contributed by atoms with Crippen molar-refractivity contribution in [2.45, 2.75) is 112 Å². The van der Waals surface area contributed by atoms with Crippen molar-refractivity contribution >= 4 is 31.5 Å². The van der Waals surface area contributed by atoms with Gasteiger partial charge < -0.3 is 29.2 Å². The third-order valence-corrected chi connectivity index (χ3v) is 14.1. The third kappa shape index (κ3) is 13.0.